The number of fused-ring (bicyclic) bond motifs is 1. The van der Waals surface area contributed by atoms with Crippen molar-refractivity contribution < 1.29 is 18.7 Å². The van der Waals surface area contributed by atoms with Crippen molar-refractivity contribution in [1.82, 2.24) is 5.32 Å². The number of hydrogen-bond donors (Lipinski definition) is 1. The van der Waals surface area contributed by atoms with Gasteiger partial charge in [0.25, 0.3) is 5.91 Å². The lowest BCUT2D eigenvalue weighted by Crippen LogP contribution is -2.46. The van der Waals surface area contributed by atoms with Crippen LogP contribution in [-0.4, -0.2) is 30.5 Å². The van der Waals surface area contributed by atoms with Gasteiger partial charge in [-0.05, 0) is 38.1 Å². The fourth-order valence-corrected chi connectivity index (χ4v) is 2.93. The number of para-hydroxylation sites is 2. The average Bonchev–Trinajstić information content (AvgIpc) is 3.08. The van der Waals surface area contributed by atoms with Crippen LogP contribution in [0.5, 0.6) is 5.75 Å². The average molecular weight is 342 g/mol. The van der Waals surface area contributed by atoms with E-state index in [0.717, 1.165) is 5.76 Å². The summed E-state index contributed by atoms with van der Waals surface area (Å²) < 4.78 is 10.9. The first-order valence-electron chi connectivity index (χ1n) is 8.43. The van der Waals surface area contributed by atoms with Crippen molar-refractivity contribution in [3.05, 3.63) is 48.4 Å². The summed E-state index contributed by atoms with van der Waals surface area (Å²) >= 11 is 0. The molecule has 132 valence electrons. The molecule has 1 aliphatic rings. The molecule has 25 heavy (non-hydrogen) atoms. The SMILES string of the molecule is C[C@H](Cc1ccco1)NC(=O)CCN1C(=O)[C@@H](C)Oc2ccccc21. The van der Waals surface area contributed by atoms with E-state index in [1.54, 1.807) is 18.1 Å². The number of carbonyl (C=O) groups excluding carboxylic acids is 2. The number of anilines is 1. The van der Waals surface area contributed by atoms with Gasteiger partial charge in [0.2, 0.25) is 5.91 Å². The van der Waals surface area contributed by atoms with E-state index in [1.165, 1.54) is 0 Å². The first kappa shape index (κ1) is 17.1. The van der Waals surface area contributed by atoms with Crippen LogP contribution in [0.2, 0.25) is 0 Å². The number of rotatable bonds is 6. The van der Waals surface area contributed by atoms with Crippen molar-refractivity contribution in [2.45, 2.75) is 38.8 Å². The molecule has 0 aliphatic carbocycles. The van der Waals surface area contributed by atoms with Crippen molar-refractivity contribution in [2.24, 2.45) is 0 Å². The molecule has 6 heteroatoms. The van der Waals surface area contributed by atoms with E-state index < -0.39 is 6.10 Å². The summed E-state index contributed by atoms with van der Waals surface area (Å²) in [6.07, 6.45) is 1.94. The number of furan rings is 1. The first-order valence-corrected chi connectivity index (χ1v) is 8.43. The molecule has 2 aromatic rings. The fraction of sp³-hybridized carbons (Fsp3) is 0.368. The monoisotopic (exact) mass is 342 g/mol. The number of benzene rings is 1. The molecule has 2 heterocycles. The lowest BCUT2D eigenvalue weighted by atomic mass is 10.1. The highest BCUT2D eigenvalue weighted by Gasteiger charge is 2.31. The third-order valence-corrected chi connectivity index (χ3v) is 4.13. The molecule has 3 rings (SSSR count). The normalized spacial score (nSPS) is 17.6. The van der Waals surface area contributed by atoms with E-state index in [1.807, 2.05) is 43.3 Å². The summed E-state index contributed by atoms with van der Waals surface area (Å²) in [7, 11) is 0. The molecule has 0 bridgehead atoms. The van der Waals surface area contributed by atoms with Gasteiger partial charge < -0.3 is 19.4 Å². The van der Waals surface area contributed by atoms with Crippen molar-refractivity contribution in [3.63, 3.8) is 0 Å². The second kappa shape index (κ2) is 7.42. The van der Waals surface area contributed by atoms with Crippen molar-refractivity contribution >= 4 is 17.5 Å². The van der Waals surface area contributed by atoms with Gasteiger partial charge in [-0.25, -0.2) is 0 Å². The number of nitrogens with one attached hydrogen (secondary N) is 1. The van der Waals surface area contributed by atoms with E-state index in [0.29, 0.717) is 24.4 Å². The van der Waals surface area contributed by atoms with Gasteiger partial charge in [-0.2, -0.15) is 0 Å². The van der Waals surface area contributed by atoms with Crippen LogP contribution in [0.25, 0.3) is 0 Å². The van der Waals surface area contributed by atoms with Gasteiger partial charge in [0.15, 0.2) is 6.10 Å². The van der Waals surface area contributed by atoms with Crippen LogP contribution in [0.4, 0.5) is 5.69 Å². The van der Waals surface area contributed by atoms with Gasteiger partial charge in [0, 0.05) is 25.4 Å². The van der Waals surface area contributed by atoms with Crippen LogP contribution in [0, 0.1) is 0 Å². The zero-order chi connectivity index (χ0) is 17.8. The third-order valence-electron chi connectivity index (χ3n) is 4.13. The third kappa shape index (κ3) is 4.02. The molecule has 1 aromatic heterocycles. The van der Waals surface area contributed by atoms with Crippen LogP contribution in [0.15, 0.2) is 47.1 Å². The quantitative estimate of drug-likeness (QED) is 0.876. The Morgan fingerprint density at radius 2 is 2.08 bits per heavy atom. The van der Waals surface area contributed by atoms with Crippen LogP contribution in [0.1, 0.15) is 26.0 Å². The standard InChI is InChI=1S/C19H22N2O4/c1-13(12-15-6-5-11-24-15)20-18(22)9-10-21-16-7-3-4-8-17(16)25-14(2)19(21)23/h3-8,11,13-14H,9-10,12H2,1-2H3,(H,20,22)/t13-,14-/m1/s1. The zero-order valence-electron chi connectivity index (χ0n) is 14.4. The molecule has 0 saturated carbocycles. The molecular weight excluding hydrogens is 320 g/mol. The molecule has 0 fully saturated rings. The Balaban J connectivity index is 1.57. The largest absolute Gasteiger partial charge is 0.479 e. The van der Waals surface area contributed by atoms with E-state index in [4.69, 9.17) is 9.15 Å². The Bertz CT molecular complexity index is 742. The number of nitrogens with zero attached hydrogens (tertiary/aromatic N) is 1. The van der Waals surface area contributed by atoms with E-state index in [2.05, 4.69) is 5.32 Å². The smallest absolute Gasteiger partial charge is 0.267 e. The number of carbonyl (C=O) groups is 2. The van der Waals surface area contributed by atoms with Gasteiger partial charge in [-0.3, -0.25) is 9.59 Å². The molecule has 2 atom stereocenters. The van der Waals surface area contributed by atoms with Crippen LogP contribution < -0.4 is 15.0 Å². The minimum absolute atomic E-state index is 0.0368. The Kier molecular flexibility index (Phi) is 5.07. The summed E-state index contributed by atoms with van der Waals surface area (Å²) in [4.78, 5) is 26.2. The Hall–Kier alpha value is -2.76. The minimum atomic E-state index is -0.546. The molecule has 1 aliphatic heterocycles. The lowest BCUT2D eigenvalue weighted by molar-refractivity contribution is -0.125. The predicted octanol–water partition coefficient (Wildman–Crippen LogP) is 2.53. The van der Waals surface area contributed by atoms with E-state index in [9.17, 15) is 9.59 Å². The first-order chi connectivity index (χ1) is 12.0. The number of ether oxygens (including phenoxy) is 1. The highest BCUT2D eigenvalue weighted by atomic mass is 16.5. The summed E-state index contributed by atoms with van der Waals surface area (Å²) in [5.41, 5.74) is 0.710. The molecule has 0 saturated heterocycles. The van der Waals surface area contributed by atoms with Gasteiger partial charge in [0.1, 0.15) is 11.5 Å². The molecule has 6 nitrogen and oxygen atoms in total. The van der Waals surface area contributed by atoms with Gasteiger partial charge in [0.05, 0.1) is 12.0 Å². The van der Waals surface area contributed by atoms with Gasteiger partial charge in [-0.1, -0.05) is 12.1 Å². The highest BCUT2D eigenvalue weighted by Crippen LogP contribution is 2.33. The maximum Gasteiger partial charge on any atom is 0.267 e. The molecule has 1 N–H and O–H groups in total. The lowest BCUT2D eigenvalue weighted by Gasteiger charge is -2.32. The zero-order valence-corrected chi connectivity index (χ0v) is 14.4. The maximum absolute atomic E-state index is 12.4. The minimum Gasteiger partial charge on any atom is -0.479 e. The summed E-state index contributed by atoms with van der Waals surface area (Å²) in [5.74, 6) is 1.28. The van der Waals surface area contributed by atoms with Crippen LogP contribution in [0.3, 0.4) is 0 Å². The summed E-state index contributed by atoms with van der Waals surface area (Å²) in [6, 6.07) is 11.0. The topological polar surface area (TPSA) is 71.8 Å². The van der Waals surface area contributed by atoms with Crippen molar-refractivity contribution in [2.75, 3.05) is 11.4 Å². The summed E-state index contributed by atoms with van der Waals surface area (Å²) in [5, 5.41) is 2.94. The maximum atomic E-state index is 12.4. The van der Waals surface area contributed by atoms with Crippen LogP contribution in [-0.2, 0) is 16.0 Å². The summed E-state index contributed by atoms with van der Waals surface area (Å²) in [6.45, 7) is 3.97. The molecule has 1 aromatic carbocycles. The van der Waals surface area contributed by atoms with Crippen molar-refractivity contribution in [1.29, 1.82) is 0 Å². The van der Waals surface area contributed by atoms with Gasteiger partial charge >= 0.3 is 0 Å². The Morgan fingerprint density at radius 3 is 2.84 bits per heavy atom. The molecule has 0 unspecified atom stereocenters. The van der Waals surface area contributed by atoms with E-state index in [-0.39, 0.29) is 24.3 Å². The van der Waals surface area contributed by atoms with Crippen molar-refractivity contribution in [3.8, 4) is 5.75 Å². The molecule has 2 amide bonds. The van der Waals surface area contributed by atoms with E-state index >= 15 is 0 Å². The number of hydrogen-bond acceptors (Lipinski definition) is 4. The van der Waals surface area contributed by atoms with Gasteiger partial charge in [-0.15, -0.1) is 0 Å². The Labute approximate surface area is 146 Å². The second-order valence-electron chi connectivity index (χ2n) is 6.22. The fourth-order valence-electron chi connectivity index (χ4n) is 2.93. The number of amides is 2. The Morgan fingerprint density at radius 1 is 1.28 bits per heavy atom. The molecular formula is C19H22N2O4. The molecule has 0 radical (unpaired) electrons. The van der Waals surface area contributed by atoms with Crippen LogP contribution >= 0.6 is 0 Å². The second-order valence-corrected chi connectivity index (χ2v) is 6.22. The molecule has 0 spiro atoms. The predicted molar refractivity (Wildman–Crippen MR) is 93.5 cm³/mol. The highest BCUT2D eigenvalue weighted by molar-refractivity contribution is 6.00.